The summed E-state index contributed by atoms with van der Waals surface area (Å²) >= 11 is 0. The highest BCUT2D eigenvalue weighted by Crippen LogP contribution is 2.55. The predicted octanol–water partition coefficient (Wildman–Crippen LogP) is 11.1. The van der Waals surface area contributed by atoms with Gasteiger partial charge in [0.25, 0.3) is 0 Å². The average molecular weight is 585 g/mol. The smallest absolute Gasteiger partial charge is 0.170 e. The van der Waals surface area contributed by atoms with Gasteiger partial charge < -0.3 is 9.47 Å². The van der Waals surface area contributed by atoms with E-state index in [1.165, 1.54) is 33.0 Å². The highest BCUT2D eigenvalue weighted by atomic mass is 16.6. The standard InChI is InChI=1S/C41H32N2O2/c1-5-11-25(6-2)34-24-35(28-17-16-26-12-7-8-13-27(26)20-28)43-40(42-34)29-18-19-36-37(21-29)45-38-22-31-30-14-9-10-15-32(30)41(3,4)33(31)23-39(38)44-36/h5-24H,1-4H3/b11-5-,25-6+. The van der Waals surface area contributed by atoms with Crippen LogP contribution in [0.3, 0.4) is 0 Å². The lowest BCUT2D eigenvalue weighted by atomic mass is 9.82. The summed E-state index contributed by atoms with van der Waals surface area (Å²) in [5.74, 6) is 3.39. The molecule has 1 aromatic heterocycles. The fourth-order valence-electron chi connectivity index (χ4n) is 6.65. The number of fused-ring (bicyclic) bond motifs is 6. The van der Waals surface area contributed by atoms with Gasteiger partial charge in [0.15, 0.2) is 28.8 Å². The van der Waals surface area contributed by atoms with Crippen molar-refractivity contribution in [1.82, 2.24) is 9.97 Å². The zero-order valence-corrected chi connectivity index (χ0v) is 25.8. The van der Waals surface area contributed by atoms with E-state index in [2.05, 4.69) is 111 Å². The highest BCUT2D eigenvalue weighted by Gasteiger charge is 2.37. The molecule has 0 saturated carbocycles. The molecule has 0 fully saturated rings. The van der Waals surface area contributed by atoms with Gasteiger partial charge in [-0.3, -0.25) is 0 Å². The SMILES string of the molecule is C/C=C\C(=C/C)c1cc(-c2ccc3ccccc3c2)nc(-c2ccc3c(c2)Oc2cc4c(cc2O3)C(C)(C)c2ccccc2-4)n1. The summed E-state index contributed by atoms with van der Waals surface area (Å²) in [5.41, 5.74) is 9.55. The summed E-state index contributed by atoms with van der Waals surface area (Å²) in [6.07, 6.45) is 6.19. The van der Waals surface area contributed by atoms with Gasteiger partial charge in [0.2, 0.25) is 0 Å². The van der Waals surface area contributed by atoms with Crippen LogP contribution < -0.4 is 9.47 Å². The second kappa shape index (κ2) is 10.3. The lowest BCUT2D eigenvalue weighted by Gasteiger charge is -2.25. The van der Waals surface area contributed by atoms with Gasteiger partial charge >= 0.3 is 0 Å². The van der Waals surface area contributed by atoms with Crippen LogP contribution in [0.15, 0.2) is 121 Å². The maximum atomic E-state index is 6.55. The molecule has 0 spiro atoms. The molecule has 5 aromatic carbocycles. The Bertz CT molecular complexity index is 2220. The van der Waals surface area contributed by atoms with Gasteiger partial charge in [0.05, 0.1) is 11.4 Å². The molecular formula is C41H32N2O2. The van der Waals surface area contributed by atoms with Crippen LogP contribution in [-0.2, 0) is 5.41 Å². The van der Waals surface area contributed by atoms with Gasteiger partial charge in [0, 0.05) is 16.5 Å². The molecule has 0 amide bonds. The normalized spacial score (nSPS) is 14.4. The highest BCUT2D eigenvalue weighted by molar-refractivity contribution is 5.88. The van der Waals surface area contributed by atoms with Crippen LogP contribution in [0.4, 0.5) is 0 Å². The van der Waals surface area contributed by atoms with Gasteiger partial charge in [-0.25, -0.2) is 9.97 Å². The second-order valence-electron chi connectivity index (χ2n) is 12.1. The van der Waals surface area contributed by atoms with E-state index >= 15 is 0 Å². The summed E-state index contributed by atoms with van der Waals surface area (Å²) in [7, 11) is 0. The average Bonchev–Trinajstić information content (AvgIpc) is 3.29. The van der Waals surface area contributed by atoms with Crippen molar-refractivity contribution in [3.05, 3.63) is 138 Å². The molecule has 4 nitrogen and oxygen atoms in total. The van der Waals surface area contributed by atoms with Crippen LogP contribution >= 0.6 is 0 Å². The van der Waals surface area contributed by atoms with Crippen molar-refractivity contribution < 1.29 is 9.47 Å². The van der Waals surface area contributed by atoms with Crippen LogP contribution in [0.25, 0.3) is 50.1 Å². The zero-order valence-electron chi connectivity index (χ0n) is 25.8. The van der Waals surface area contributed by atoms with Crippen molar-refractivity contribution in [2.75, 3.05) is 0 Å². The van der Waals surface area contributed by atoms with E-state index in [1.807, 2.05) is 38.1 Å². The molecule has 2 aliphatic rings. The topological polar surface area (TPSA) is 44.2 Å². The van der Waals surface area contributed by atoms with Gasteiger partial charge in [0.1, 0.15) is 0 Å². The van der Waals surface area contributed by atoms with E-state index in [0.29, 0.717) is 23.1 Å². The van der Waals surface area contributed by atoms with Crippen LogP contribution in [0.1, 0.15) is 44.5 Å². The van der Waals surface area contributed by atoms with E-state index in [4.69, 9.17) is 19.4 Å². The third kappa shape index (κ3) is 4.44. The Morgan fingerprint density at radius 1 is 0.622 bits per heavy atom. The molecule has 0 unspecified atom stereocenters. The van der Waals surface area contributed by atoms with Crippen LogP contribution in [0.2, 0.25) is 0 Å². The number of hydrogen-bond donors (Lipinski definition) is 0. The summed E-state index contributed by atoms with van der Waals surface area (Å²) in [5, 5.41) is 2.37. The van der Waals surface area contributed by atoms with Crippen LogP contribution in [-0.4, -0.2) is 9.97 Å². The summed E-state index contributed by atoms with van der Waals surface area (Å²) < 4.78 is 13.0. The lowest BCUT2D eigenvalue weighted by Crippen LogP contribution is -2.15. The minimum absolute atomic E-state index is 0.113. The number of allylic oxidation sites excluding steroid dienone is 4. The van der Waals surface area contributed by atoms with Gasteiger partial charge in [-0.2, -0.15) is 0 Å². The Balaban J connectivity index is 1.22. The Morgan fingerprint density at radius 3 is 2.20 bits per heavy atom. The van der Waals surface area contributed by atoms with Gasteiger partial charge in [-0.05, 0) is 94.9 Å². The number of hydrogen-bond acceptors (Lipinski definition) is 4. The Morgan fingerprint density at radius 2 is 1.36 bits per heavy atom. The molecule has 0 radical (unpaired) electrons. The maximum Gasteiger partial charge on any atom is 0.170 e. The first-order valence-corrected chi connectivity index (χ1v) is 15.4. The molecule has 2 heterocycles. The van der Waals surface area contributed by atoms with Crippen LogP contribution in [0, 0.1) is 0 Å². The summed E-state index contributed by atoms with van der Waals surface area (Å²) in [6, 6.07) is 35.7. The third-order valence-electron chi connectivity index (χ3n) is 9.01. The van der Waals surface area contributed by atoms with Crippen molar-refractivity contribution in [1.29, 1.82) is 0 Å². The Kier molecular flexibility index (Phi) is 6.21. The van der Waals surface area contributed by atoms with Gasteiger partial charge in [-0.1, -0.05) is 92.7 Å². The summed E-state index contributed by atoms with van der Waals surface area (Å²) in [6.45, 7) is 8.58. The van der Waals surface area contributed by atoms with Gasteiger partial charge in [-0.15, -0.1) is 0 Å². The van der Waals surface area contributed by atoms with Crippen molar-refractivity contribution in [2.45, 2.75) is 33.1 Å². The molecule has 0 atom stereocenters. The molecule has 45 heavy (non-hydrogen) atoms. The minimum Gasteiger partial charge on any atom is -0.450 e. The first-order chi connectivity index (χ1) is 21.9. The number of ether oxygens (including phenoxy) is 2. The zero-order chi connectivity index (χ0) is 30.7. The first kappa shape index (κ1) is 27.1. The molecule has 8 rings (SSSR count). The number of rotatable bonds is 4. The molecule has 0 N–H and O–H groups in total. The van der Waals surface area contributed by atoms with E-state index in [0.717, 1.165) is 33.8 Å². The predicted molar refractivity (Wildman–Crippen MR) is 183 cm³/mol. The summed E-state index contributed by atoms with van der Waals surface area (Å²) in [4.78, 5) is 10.1. The maximum absolute atomic E-state index is 6.55. The fraction of sp³-hybridized carbons (Fsp3) is 0.122. The van der Waals surface area contributed by atoms with E-state index < -0.39 is 0 Å². The van der Waals surface area contributed by atoms with E-state index in [1.54, 1.807) is 0 Å². The van der Waals surface area contributed by atoms with Crippen LogP contribution in [0.5, 0.6) is 23.0 Å². The lowest BCUT2D eigenvalue weighted by molar-refractivity contribution is 0.359. The molecular weight excluding hydrogens is 552 g/mol. The Hall–Kier alpha value is -5.48. The molecule has 1 aliphatic carbocycles. The molecule has 218 valence electrons. The van der Waals surface area contributed by atoms with Crippen molar-refractivity contribution in [3.63, 3.8) is 0 Å². The van der Waals surface area contributed by atoms with Crippen molar-refractivity contribution >= 4 is 16.3 Å². The molecule has 1 aliphatic heterocycles. The van der Waals surface area contributed by atoms with E-state index in [9.17, 15) is 0 Å². The molecule has 0 bridgehead atoms. The molecule has 0 saturated heterocycles. The second-order valence-corrected chi connectivity index (χ2v) is 12.1. The fourth-order valence-corrected chi connectivity index (χ4v) is 6.65. The minimum atomic E-state index is -0.113. The quantitative estimate of drug-likeness (QED) is 0.193. The molecule has 4 heteroatoms. The number of nitrogens with zero attached hydrogens (tertiary/aromatic N) is 2. The first-order valence-electron chi connectivity index (χ1n) is 15.4. The largest absolute Gasteiger partial charge is 0.450 e. The molecule has 6 aromatic rings. The number of aromatic nitrogens is 2. The third-order valence-corrected chi connectivity index (χ3v) is 9.01. The number of benzene rings is 5. The monoisotopic (exact) mass is 584 g/mol. The van der Waals surface area contributed by atoms with Crippen molar-refractivity contribution in [2.24, 2.45) is 0 Å². The van der Waals surface area contributed by atoms with Crippen molar-refractivity contribution in [3.8, 4) is 56.8 Å². The Labute approximate surface area is 263 Å². The van der Waals surface area contributed by atoms with E-state index in [-0.39, 0.29) is 5.41 Å².